The average molecular weight is 270 g/mol. The van der Waals surface area contributed by atoms with E-state index in [-0.39, 0.29) is 10.8 Å². The van der Waals surface area contributed by atoms with Crippen LogP contribution in [0.5, 0.6) is 0 Å². The molecule has 5 nitrogen and oxygen atoms in total. The van der Waals surface area contributed by atoms with Crippen molar-refractivity contribution < 1.29 is 13.2 Å². The summed E-state index contributed by atoms with van der Waals surface area (Å²) in [6, 6.07) is 6.14. The van der Waals surface area contributed by atoms with Crippen LogP contribution in [0.15, 0.2) is 29.2 Å². The van der Waals surface area contributed by atoms with Gasteiger partial charge < -0.3 is 5.32 Å². The highest BCUT2D eigenvalue weighted by Crippen LogP contribution is 2.08. The number of hydrogen-bond acceptors (Lipinski definition) is 3. The standard InChI is InChI=1S/C12H18N2O3S/c1-2-3-4-12(15)14-9-10-5-7-11(8-6-10)18(13,16)17/h5-8H,2-4,9H2,1H3,(H,14,15)(H2,13,16,17). The van der Waals surface area contributed by atoms with Crippen molar-refractivity contribution in [3.63, 3.8) is 0 Å². The monoisotopic (exact) mass is 270 g/mol. The molecular weight excluding hydrogens is 252 g/mol. The molecule has 0 spiro atoms. The smallest absolute Gasteiger partial charge is 0.238 e. The summed E-state index contributed by atoms with van der Waals surface area (Å²) in [5.41, 5.74) is 0.840. The van der Waals surface area contributed by atoms with Crippen molar-refractivity contribution in [2.75, 3.05) is 0 Å². The van der Waals surface area contributed by atoms with Crippen LogP contribution < -0.4 is 10.5 Å². The number of benzene rings is 1. The molecule has 100 valence electrons. The van der Waals surface area contributed by atoms with Gasteiger partial charge in [-0.3, -0.25) is 4.79 Å². The van der Waals surface area contributed by atoms with E-state index in [1.807, 2.05) is 6.92 Å². The van der Waals surface area contributed by atoms with Gasteiger partial charge in [0, 0.05) is 13.0 Å². The van der Waals surface area contributed by atoms with Crippen LogP contribution in [-0.4, -0.2) is 14.3 Å². The van der Waals surface area contributed by atoms with Gasteiger partial charge in [0.1, 0.15) is 0 Å². The van der Waals surface area contributed by atoms with Gasteiger partial charge in [-0.2, -0.15) is 0 Å². The predicted molar refractivity (Wildman–Crippen MR) is 69.2 cm³/mol. The minimum Gasteiger partial charge on any atom is -0.352 e. The van der Waals surface area contributed by atoms with E-state index < -0.39 is 10.0 Å². The SMILES string of the molecule is CCCCC(=O)NCc1ccc(S(N)(=O)=O)cc1. The lowest BCUT2D eigenvalue weighted by atomic mass is 10.2. The number of primary sulfonamides is 1. The zero-order chi connectivity index (χ0) is 13.6. The highest BCUT2D eigenvalue weighted by molar-refractivity contribution is 7.89. The molecule has 0 saturated heterocycles. The molecule has 0 aliphatic carbocycles. The molecule has 0 aliphatic heterocycles. The van der Waals surface area contributed by atoms with E-state index in [1.54, 1.807) is 12.1 Å². The third kappa shape index (κ3) is 4.85. The second-order valence-electron chi connectivity index (χ2n) is 4.07. The van der Waals surface area contributed by atoms with Crippen molar-refractivity contribution in [1.82, 2.24) is 5.32 Å². The maximum absolute atomic E-state index is 11.4. The summed E-state index contributed by atoms with van der Waals surface area (Å²) in [4.78, 5) is 11.4. The minimum atomic E-state index is -3.65. The molecule has 18 heavy (non-hydrogen) atoms. The van der Waals surface area contributed by atoms with Crippen LogP contribution in [0.3, 0.4) is 0 Å². The number of carbonyl (C=O) groups excluding carboxylic acids is 1. The van der Waals surface area contributed by atoms with Gasteiger partial charge >= 0.3 is 0 Å². The summed E-state index contributed by atoms with van der Waals surface area (Å²) in [6.07, 6.45) is 2.37. The Bertz CT molecular complexity index is 495. The molecule has 0 radical (unpaired) electrons. The zero-order valence-electron chi connectivity index (χ0n) is 10.3. The van der Waals surface area contributed by atoms with E-state index in [0.29, 0.717) is 13.0 Å². The van der Waals surface area contributed by atoms with Gasteiger partial charge in [-0.25, -0.2) is 13.6 Å². The average Bonchev–Trinajstić information content (AvgIpc) is 2.33. The first-order valence-corrected chi connectivity index (χ1v) is 7.36. The highest BCUT2D eigenvalue weighted by atomic mass is 32.2. The number of nitrogens with one attached hydrogen (secondary N) is 1. The van der Waals surface area contributed by atoms with Gasteiger partial charge in [0.2, 0.25) is 15.9 Å². The first-order chi connectivity index (χ1) is 8.43. The summed E-state index contributed by atoms with van der Waals surface area (Å²) in [5, 5.41) is 7.76. The van der Waals surface area contributed by atoms with Gasteiger partial charge in [-0.1, -0.05) is 25.5 Å². The Kier molecular flexibility index (Phi) is 5.30. The Hall–Kier alpha value is -1.40. The Balaban J connectivity index is 2.52. The van der Waals surface area contributed by atoms with Crippen molar-refractivity contribution >= 4 is 15.9 Å². The summed E-state index contributed by atoms with van der Waals surface area (Å²) in [6.45, 7) is 2.42. The molecule has 1 aromatic rings. The molecule has 0 saturated carbocycles. The van der Waals surface area contributed by atoms with Gasteiger partial charge in [0.05, 0.1) is 4.90 Å². The molecule has 6 heteroatoms. The molecule has 0 bridgehead atoms. The van der Waals surface area contributed by atoms with E-state index in [2.05, 4.69) is 5.32 Å². The summed E-state index contributed by atoms with van der Waals surface area (Å²) in [5.74, 6) is 0.00683. The molecule has 1 amide bonds. The molecule has 0 unspecified atom stereocenters. The maximum atomic E-state index is 11.4. The van der Waals surface area contributed by atoms with E-state index in [4.69, 9.17) is 5.14 Å². The molecule has 0 heterocycles. The largest absolute Gasteiger partial charge is 0.352 e. The number of rotatable bonds is 6. The molecule has 1 rings (SSSR count). The Morgan fingerprint density at radius 1 is 1.28 bits per heavy atom. The lowest BCUT2D eigenvalue weighted by molar-refractivity contribution is -0.121. The van der Waals surface area contributed by atoms with Crippen LogP contribution in [-0.2, 0) is 21.4 Å². The number of unbranched alkanes of at least 4 members (excludes halogenated alkanes) is 1. The van der Waals surface area contributed by atoms with Crippen molar-refractivity contribution in [2.45, 2.75) is 37.6 Å². The second-order valence-corrected chi connectivity index (χ2v) is 5.63. The lowest BCUT2D eigenvalue weighted by Crippen LogP contribution is -2.22. The van der Waals surface area contributed by atoms with Gasteiger partial charge in [0.25, 0.3) is 0 Å². The highest BCUT2D eigenvalue weighted by Gasteiger charge is 2.07. The van der Waals surface area contributed by atoms with Crippen LogP contribution in [0.2, 0.25) is 0 Å². The van der Waals surface area contributed by atoms with Crippen LogP contribution in [0.25, 0.3) is 0 Å². The Morgan fingerprint density at radius 2 is 1.89 bits per heavy atom. The summed E-state index contributed by atoms with van der Waals surface area (Å²) < 4.78 is 22.1. The predicted octanol–water partition coefficient (Wildman–Crippen LogP) is 1.14. The second kappa shape index (κ2) is 6.51. The Labute approximate surface area is 107 Å². The fourth-order valence-corrected chi connectivity index (χ4v) is 1.94. The van der Waals surface area contributed by atoms with Crippen molar-refractivity contribution in [3.05, 3.63) is 29.8 Å². The van der Waals surface area contributed by atoms with E-state index in [0.717, 1.165) is 18.4 Å². The van der Waals surface area contributed by atoms with Gasteiger partial charge in [-0.05, 0) is 24.1 Å². The fourth-order valence-electron chi connectivity index (χ4n) is 1.42. The van der Waals surface area contributed by atoms with E-state index >= 15 is 0 Å². The molecular formula is C12H18N2O3S. The molecule has 0 fully saturated rings. The lowest BCUT2D eigenvalue weighted by Gasteiger charge is -2.05. The number of amides is 1. The van der Waals surface area contributed by atoms with E-state index in [9.17, 15) is 13.2 Å². The third-order valence-corrected chi connectivity index (χ3v) is 3.43. The van der Waals surface area contributed by atoms with Crippen molar-refractivity contribution in [2.24, 2.45) is 5.14 Å². The number of sulfonamides is 1. The minimum absolute atomic E-state index is 0.00683. The molecule has 0 aromatic heterocycles. The topological polar surface area (TPSA) is 89.3 Å². The Morgan fingerprint density at radius 3 is 2.39 bits per heavy atom. The molecule has 3 N–H and O–H groups in total. The first kappa shape index (κ1) is 14.7. The van der Waals surface area contributed by atoms with Gasteiger partial charge in [-0.15, -0.1) is 0 Å². The quantitative estimate of drug-likeness (QED) is 0.812. The number of nitrogens with two attached hydrogens (primary N) is 1. The summed E-state index contributed by atoms with van der Waals surface area (Å²) >= 11 is 0. The maximum Gasteiger partial charge on any atom is 0.238 e. The number of carbonyl (C=O) groups is 1. The zero-order valence-corrected chi connectivity index (χ0v) is 11.2. The number of hydrogen-bond donors (Lipinski definition) is 2. The fraction of sp³-hybridized carbons (Fsp3) is 0.417. The van der Waals surface area contributed by atoms with E-state index in [1.165, 1.54) is 12.1 Å². The first-order valence-electron chi connectivity index (χ1n) is 5.82. The molecule has 0 atom stereocenters. The summed E-state index contributed by atoms with van der Waals surface area (Å²) in [7, 11) is -3.65. The van der Waals surface area contributed by atoms with Crippen molar-refractivity contribution in [3.8, 4) is 0 Å². The van der Waals surface area contributed by atoms with Gasteiger partial charge in [0.15, 0.2) is 0 Å². The van der Waals surface area contributed by atoms with Crippen LogP contribution in [0.1, 0.15) is 31.7 Å². The molecule has 1 aromatic carbocycles. The van der Waals surface area contributed by atoms with Crippen molar-refractivity contribution in [1.29, 1.82) is 0 Å². The third-order valence-electron chi connectivity index (χ3n) is 2.50. The van der Waals surface area contributed by atoms with Crippen LogP contribution in [0.4, 0.5) is 0 Å². The molecule has 0 aliphatic rings. The van der Waals surface area contributed by atoms with Crippen LogP contribution >= 0.6 is 0 Å². The normalized spacial score (nSPS) is 11.2. The van der Waals surface area contributed by atoms with Crippen LogP contribution in [0, 0.1) is 0 Å².